The molecule has 4 nitrogen and oxygen atoms in total. The third-order valence-corrected chi connectivity index (χ3v) is 2.99. The van der Waals surface area contributed by atoms with Crippen LogP contribution in [0, 0.1) is 0 Å². The topological polar surface area (TPSA) is 56.5 Å². The minimum absolute atomic E-state index is 0.0565. The maximum absolute atomic E-state index is 12.9. The van der Waals surface area contributed by atoms with Crippen LogP contribution in [0.4, 0.5) is 13.2 Å². The Hall–Kier alpha value is -2.02. The van der Waals surface area contributed by atoms with Gasteiger partial charge in [-0.2, -0.15) is 13.2 Å². The fourth-order valence-corrected chi connectivity index (χ4v) is 1.93. The van der Waals surface area contributed by atoms with Crippen LogP contribution in [0.2, 0.25) is 5.02 Å². The largest absolute Gasteiger partial charge is 0.425 e. The zero-order chi connectivity index (χ0) is 15.8. The highest BCUT2D eigenvalue weighted by Gasteiger charge is 2.34. The molecule has 1 heterocycles. The summed E-state index contributed by atoms with van der Waals surface area (Å²) < 4.78 is 48.2. The van der Waals surface area contributed by atoms with E-state index in [9.17, 15) is 22.8 Å². The Balaban J connectivity index is 2.72. The highest BCUT2D eigenvalue weighted by atomic mass is 35.5. The van der Waals surface area contributed by atoms with E-state index in [-0.39, 0.29) is 22.6 Å². The number of esters is 1. The number of carbonyl (C=O) groups excluding carboxylic acids is 1. The number of ether oxygens (including phenoxy) is 1. The number of halogens is 4. The summed E-state index contributed by atoms with van der Waals surface area (Å²) >= 11 is 5.86. The van der Waals surface area contributed by atoms with Crippen molar-refractivity contribution in [2.24, 2.45) is 0 Å². The van der Waals surface area contributed by atoms with Crippen LogP contribution in [0.1, 0.15) is 18.9 Å². The quantitative estimate of drug-likeness (QED) is 0.480. The van der Waals surface area contributed by atoms with Crippen molar-refractivity contribution in [3.63, 3.8) is 0 Å². The predicted octanol–water partition coefficient (Wildman–Crippen LogP) is 3.78. The van der Waals surface area contributed by atoms with E-state index < -0.39 is 28.9 Å². The molecular weight excluding hydrogens is 313 g/mol. The molecule has 21 heavy (non-hydrogen) atoms. The number of alkyl halides is 3. The minimum atomic E-state index is -4.74. The van der Waals surface area contributed by atoms with E-state index in [4.69, 9.17) is 20.8 Å². The molecule has 2 rings (SSSR count). The van der Waals surface area contributed by atoms with Gasteiger partial charge in [0, 0.05) is 17.9 Å². The van der Waals surface area contributed by atoms with Crippen molar-refractivity contribution >= 4 is 28.5 Å². The molecule has 1 aromatic heterocycles. The van der Waals surface area contributed by atoms with Gasteiger partial charge in [-0.1, -0.05) is 18.5 Å². The van der Waals surface area contributed by atoms with Gasteiger partial charge in [0.05, 0.1) is 5.56 Å². The SMILES string of the molecule is CCC(=O)Oc1ccc2c(C(F)(F)F)cc(=O)oc2c1Cl. The molecule has 0 bridgehead atoms. The summed E-state index contributed by atoms with van der Waals surface area (Å²) in [5.41, 5.74) is -2.84. The van der Waals surface area contributed by atoms with E-state index >= 15 is 0 Å². The van der Waals surface area contributed by atoms with Gasteiger partial charge in [0.15, 0.2) is 11.3 Å². The van der Waals surface area contributed by atoms with E-state index in [1.54, 1.807) is 6.92 Å². The average Bonchev–Trinajstić information content (AvgIpc) is 2.40. The Morgan fingerprint density at radius 3 is 2.62 bits per heavy atom. The van der Waals surface area contributed by atoms with Gasteiger partial charge in [0.1, 0.15) is 5.02 Å². The molecule has 0 aliphatic heterocycles. The Morgan fingerprint density at radius 1 is 1.38 bits per heavy atom. The molecule has 0 unspecified atom stereocenters. The maximum atomic E-state index is 12.9. The molecule has 112 valence electrons. The van der Waals surface area contributed by atoms with Gasteiger partial charge in [-0.25, -0.2) is 4.79 Å². The molecule has 0 fully saturated rings. The lowest BCUT2D eigenvalue weighted by molar-refractivity contribution is -0.136. The smallest absolute Gasteiger partial charge is 0.417 e. The molecule has 0 aliphatic rings. The average molecular weight is 321 g/mol. The highest BCUT2D eigenvalue weighted by Crippen LogP contribution is 2.39. The van der Waals surface area contributed by atoms with Crippen LogP contribution >= 0.6 is 11.6 Å². The molecule has 2 aromatic rings. The highest BCUT2D eigenvalue weighted by molar-refractivity contribution is 6.36. The van der Waals surface area contributed by atoms with Gasteiger partial charge in [-0.3, -0.25) is 4.79 Å². The Morgan fingerprint density at radius 2 is 2.05 bits per heavy atom. The molecular formula is C13H8ClF3O4. The van der Waals surface area contributed by atoms with E-state index in [2.05, 4.69) is 0 Å². The number of fused-ring (bicyclic) bond motifs is 1. The first-order valence-electron chi connectivity index (χ1n) is 5.78. The van der Waals surface area contributed by atoms with Crippen LogP contribution in [0.15, 0.2) is 27.4 Å². The molecule has 0 atom stereocenters. The minimum Gasteiger partial charge on any atom is -0.425 e. The summed E-state index contributed by atoms with van der Waals surface area (Å²) in [6.45, 7) is 1.54. The van der Waals surface area contributed by atoms with E-state index in [1.165, 1.54) is 0 Å². The lowest BCUT2D eigenvalue weighted by Crippen LogP contribution is -2.11. The molecule has 0 amide bonds. The third-order valence-electron chi connectivity index (χ3n) is 2.63. The van der Waals surface area contributed by atoms with Crippen LogP contribution in [0.5, 0.6) is 5.75 Å². The van der Waals surface area contributed by atoms with Crippen LogP contribution in [-0.4, -0.2) is 5.97 Å². The molecule has 0 N–H and O–H groups in total. The zero-order valence-corrected chi connectivity index (χ0v) is 11.3. The number of benzene rings is 1. The molecule has 8 heteroatoms. The van der Waals surface area contributed by atoms with E-state index in [0.29, 0.717) is 6.07 Å². The summed E-state index contributed by atoms with van der Waals surface area (Å²) in [6, 6.07) is 2.50. The van der Waals surface area contributed by atoms with Crippen LogP contribution in [0.25, 0.3) is 11.0 Å². The Bertz CT molecular complexity index is 764. The fourth-order valence-electron chi connectivity index (χ4n) is 1.68. The molecule has 0 saturated heterocycles. The van der Waals surface area contributed by atoms with Crippen molar-refractivity contribution in [1.82, 2.24) is 0 Å². The Labute approximate surface area is 121 Å². The first kappa shape index (κ1) is 15.4. The van der Waals surface area contributed by atoms with Gasteiger partial charge in [-0.15, -0.1) is 0 Å². The van der Waals surface area contributed by atoms with Crippen molar-refractivity contribution in [3.05, 3.63) is 39.2 Å². The third kappa shape index (κ3) is 3.02. The number of hydrogen-bond donors (Lipinski definition) is 0. The second-order valence-corrected chi connectivity index (χ2v) is 4.44. The van der Waals surface area contributed by atoms with E-state index in [1.807, 2.05) is 0 Å². The second kappa shape index (κ2) is 5.40. The first-order valence-corrected chi connectivity index (χ1v) is 6.16. The summed E-state index contributed by atoms with van der Waals surface area (Å²) in [6.07, 6.45) is -4.68. The predicted molar refractivity (Wildman–Crippen MR) is 68.4 cm³/mol. The van der Waals surface area contributed by atoms with Crippen LogP contribution in [0.3, 0.4) is 0 Å². The van der Waals surface area contributed by atoms with Crippen molar-refractivity contribution in [2.45, 2.75) is 19.5 Å². The van der Waals surface area contributed by atoms with Crippen molar-refractivity contribution in [2.75, 3.05) is 0 Å². The summed E-state index contributed by atoms with van der Waals surface area (Å²) in [4.78, 5) is 22.5. The molecule has 0 aliphatic carbocycles. The van der Waals surface area contributed by atoms with Gasteiger partial charge >= 0.3 is 17.8 Å². The number of hydrogen-bond acceptors (Lipinski definition) is 4. The molecule has 0 spiro atoms. The van der Waals surface area contributed by atoms with Gasteiger partial charge in [-0.05, 0) is 12.1 Å². The summed E-state index contributed by atoms with van der Waals surface area (Å²) in [5, 5.41) is -0.749. The Kier molecular flexibility index (Phi) is 3.95. The van der Waals surface area contributed by atoms with Crippen molar-refractivity contribution in [3.8, 4) is 5.75 Å². The van der Waals surface area contributed by atoms with Gasteiger partial charge in [0.2, 0.25) is 0 Å². The lowest BCUT2D eigenvalue weighted by atomic mass is 10.1. The van der Waals surface area contributed by atoms with Crippen molar-refractivity contribution < 1.29 is 27.1 Å². The maximum Gasteiger partial charge on any atom is 0.417 e. The fraction of sp³-hybridized carbons (Fsp3) is 0.231. The molecule has 0 saturated carbocycles. The van der Waals surface area contributed by atoms with Gasteiger partial charge < -0.3 is 9.15 Å². The van der Waals surface area contributed by atoms with Crippen LogP contribution < -0.4 is 10.4 Å². The number of carbonyl (C=O) groups is 1. The normalized spacial score (nSPS) is 11.7. The van der Waals surface area contributed by atoms with Gasteiger partial charge in [0.25, 0.3) is 0 Å². The van der Waals surface area contributed by atoms with Crippen molar-refractivity contribution in [1.29, 1.82) is 0 Å². The standard InChI is InChI=1S/C13H8ClF3O4/c1-2-9(18)20-8-4-3-6-7(13(15,16)17)5-10(19)21-12(6)11(8)14/h3-5H,2H2,1H3. The number of rotatable bonds is 2. The zero-order valence-electron chi connectivity index (χ0n) is 10.6. The first-order chi connectivity index (χ1) is 9.74. The summed E-state index contributed by atoms with van der Waals surface area (Å²) in [7, 11) is 0. The lowest BCUT2D eigenvalue weighted by Gasteiger charge is -2.11. The van der Waals surface area contributed by atoms with E-state index in [0.717, 1.165) is 12.1 Å². The summed E-state index contributed by atoms with van der Waals surface area (Å²) in [5.74, 6) is -0.788. The second-order valence-electron chi connectivity index (χ2n) is 4.06. The van der Waals surface area contributed by atoms with Crippen LogP contribution in [-0.2, 0) is 11.0 Å². The molecule has 0 radical (unpaired) electrons. The monoisotopic (exact) mass is 320 g/mol. The molecule has 1 aromatic carbocycles.